The molecule has 2 aliphatic carbocycles. The highest BCUT2D eigenvalue weighted by atomic mass is 16.2. The largest absolute Gasteiger partial charge is 0.351 e. The van der Waals surface area contributed by atoms with E-state index in [-0.39, 0.29) is 5.91 Å². The third-order valence-electron chi connectivity index (χ3n) is 7.20. The topological polar surface area (TPSA) is 52.6 Å². The Hall–Kier alpha value is -1.85. The quantitative estimate of drug-likeness (QED) is 0.752. The summed E-state index contributed by atoms with van der Waals surface area (Å²) in [6.07, 6.45) is 13.2. The molecule has 0 atom stereocenters. The van der Waals surface area contributed by atoms with Crippen LogP contribution in [0.25, 0.3) is 0 Å². The van der Waals surface area contributed by atoms with Gasteiger partial charge in [-0.3, -0.25) is 4.79 Å². The van der Waals surface area contributed by atoms with E-state index in [1.165, 1.54) is 57.8 Å². The molecule has 0 spiro atoms. The van der Waals surface area contributed by atoms with Crippen LogP contribution in [0.15, 0.2) is 6.20 Å². The number of hydrogen-bond acceptors (Lipinski definition) is 5. The molecule has 0 N–H and O–H groups in total. The van der Waals surface area contributed by atoms with Crippen molar-refractivity contribution in [3.8, 4) is 0 Å². The predicted molar refractivity (Wildman–Crippen MR) is 119 cm³/mol. The van der Waals surface area contributed by atoms with E-state index in [1.807, 2.05) is 13.2 Å². The van der Waals surface area contributed by atoms with Crippen LogP contribution in [0.4, 0.5) is 17.5 Å². The van der Waals surface area contributed by atoms with Crippen molar-refractivity contribution < 1.29 is 4.79 Å². The molecule has 6 nitrogen and oxygen atoms in total. The Kier molecular flexibility index (Phi) is 5.71. The maximum absolute atomic E-state index is 13.1. The highest BCUT2D eigenvalue weighted by Gasteiger charge is 2.41. The van der Waals surface area contributed by atoms with Gasteiger partial charge in [0.1, 0.15) is 5.69 Å². The molecule has 160 valence electrons. The summed E-state index contributed by atoms with van der Waals surface area (Å²) in [7, 11) is 1.88. The van der Waals surface area contributed by atoms with E-state index in [1.54, 1.807) is 4.90 Å². The SMILES string of the molecule is CCN(c1ncc2c(n1)N(C1CCCC1)CC(C)(C)C(=O)N2C)C1CCCCC1. The summed E-state index contributed by atoms with van der Waals surface area (Å²) in [6.45, 7) is 7.98. The van der Waals surface area contributed by atoms with E-state index < -0.39 is 5.41 Å². The second-order valence-electron chi connectivity index (χ2n) is 9.77. The summed E-state index contributed by atoms with van der Waals surface area (Å²) in [4.78, 5) is 29.7. The van der Waals surface area contributed by atoms with Crippen molar-refractivity contribution in [3.05, 3.63) is 6.20 Å². The number of aromatic nitrogens is 2. The van der Waals surface area contributed by atoms with Crippen LogP contribution in [0.2, 0.25) is 0 Å². The predicted octanol–water partition coefficient (Wildman–Crippen LogP) is 4.39. The number of carbonyl (C=O) groups excluding carboxylic acids is 1. The van der Waals surface area contributed by atoms with Crippen LogP contribution in [-0.2, 0) is 4.79 Å². The van der Waals surface area contributed by atoms with Gasteiger partial charge in [-0.2, -0.15) is 4.98 Å². The minimum absolute atomic E-state index is 0.148. The average molecular weight is 400 g/mol. The van der Waals surface area contributed by atoms with Gasteiger partial charge in [0.25, 0.3) is 0 Å². The normalized spacial score (nSPS) is 23.2. The highest BCUT2D eigenvalue weighted by molar-refractivity contribution is 6.00. The maximum atomic E-state index is 13.1. The van der Waals surface area contributed by atoms with E-state index in [0.717, 1.165) is 30.5 Å². The van der Waals surface area contributed by atoms with Gasteiger partial charge in [-0.25, -0.2) is 4.98 Å². The third kappa shape index (κ3) is 3.82. The number of anilines is 3. The molecular weight excluding hydrogens is 362 g/mol. The van der Waals surface area contributed by atoms with Gasteiger partial charge in [0.05, 0.1) is 11.6 Å². The van der Waals surface area contributed by atoms with E-state index in [9.17, 15) is 4.79 Å². The second-order valence-corrected chi connectivity index (χ2v) is 9.77. The van der Waals surface area contributed by atoms with Crippen molar-refractivity contribution in [3.63, 3.8) is 0 Å². The summed E-state index contributed by atoms with van der Waals surface area (Å²) in [5.41, 5.74) is 0.419. The smallest absolute Gasteiger partial charge is 0.234 e. The van der Waals surface area contributed by atoms with Gasteiger partial charge in [0.15, 0.2) is 5.82 Å². The molecule has 6 heteroatoms. The van der Waals surface area contributed by atoms with Gasteiger partial charge >= 0.3 is 0 Å². The fourth-order valence-electron chi connectivity index (χ4n) is 5.55. The minimum atomic E-state index is -0.438. The van der Waals surface area contributed by atoms with Crippen molar-refractivity contribution >= 4 is 23.4 Å². The Bertz CT molecular complexity index is 737. The maximum Gasteiger partial charge on any atom is 0.234 e. The first kappa shape index (κ1) is 20.4. The first-order valence-corrected chi connectivity index (χ1v) is 11.6. The van der Waals surface area contributed by atoms with E-state index in [4.69, 9.17) is 9.97 Å². The minimum Gasteiger partial charge on any atom is -0.351 e. The second kappa shape index (κ2) is 8.11. The summed E-state index contributed by atoms with van der Waals surface area (Å²) >= 11 is 0. The zero-order chi connectivity index (χ0) is 20.6. The van der Waals surface area contributed by atoms with E-state index >= 15 is 0 Å². The summed E-state index contributed by atoms with van der Waals surface area (Å²) in [5, 5.41) is 0. The van der Waals surface area contributed by atoms with Crippen LogP contribution in [0.3, 0.4) is 0 Å². The zero-order valence-electron chi connectivity index (χ0n) is 18.7. The van der Waals surface area contributed by atoms with Gasteiger partial charge in [0, 0.05) is 32.2 Å². The molecule has 0 radical (unpaired) electrons. The number of fused-ring (bicyclic) bond motifs is 1. The monoisotopic (exact) mass is 399 g/mol. The summed E-state index contributed by atoms with van der Waals surface area (Å²) in [6, 6.07) is 1.01. The van der Waals surface area contributed by atoms with Gasteiger partial charge in [-0.1, -0.05) is 32.1 Å². The average Bonchev–Trinajstić information content (AvgIpc) is 3.25. The third-order valence-corrected chi connectivity index (χ3v) is 7.20. The van der Waals surface area contributed by atoms with Crippen LogP contribution >= 0.6 is 0 Å². The molecule has 1 aromatic heterocycles. The Morgan fingerprint density at radius 1 is 1.10 bits per heavy atom. The molecule has 0 unspecified atom stereocenters. The van der Waals surface area contributed by atoms with Crippen molar-refractivity contribution in [2.45, 2.75) is 90.6 Å². The van der Waals surface area contributed by atoms with Crippen LogP contribution in [0.5, 0.6) is 0 Å². The molecule has 0 saturated heterocycles. The Morgan fingerprint density at radius 3 is 2.41 bits per heavy atom. The molecule has 4 rings (SSSR count). The lowest BCUT2D eigenvalue weighted by molar-refractivity contribution is -0.125. The van der Waals surface area contributed by atoms with Gasteiger partial charge in [-0.05, 0) is 46.5 Å². The van der Waals surface area contributed by atoms with Gasteiger partial charge in [0.2, 0.25) is 11.9 Å². The molecule has 2 fully saturated rings. The standard InChI is InChI=1S/C23H37N5O/c1-5-27(17-11-7-6-8-12-17)22-24-15-19-20(25-22)28(18-13-9-10-14-18)16-23(2,3)21(29)26(19)4/h15,17-18H,5-14,16H2,1-4H3. The Balaban J connectivity index is 1.75. The zero-order valence-corrected chi connectivity index (χ0v) is 18.7. The van der Waals surface area contributed by atoms with Gasteiger partial charge < -0.3 is 14.7 Å². The van der Waals surface area contributed by atoms with Crippen LogP contribution < -0.4 is 14.7 Å². The lowest BCUT2D eigenvalue weighted by atomic mass is 9.91. The van der Waals surface area contributed by atoms with E-state index in [2.05, 4.69) is 30.6 Å². The van der Waals surface area contributed by atoms with Crippen molar-refractivity contribution in [1.82, 2.24) is 9.97 Å². The number of carbonyl (C=O) groups is 1. The summed E-state index contributed by atoms with van der Waals surface area (Å²) in [5.74, 6) is 1.94. The lowest BCUT2D eigenvalue weighted by Gasteiger charge is -2.36. The molecule has 1 aliphatic heterocycles. The molecule has 0 aromatic carbocycles. The fourth-order valence-corrected chi connectivity index (χ4v) is 5.55. The number of rotatable bonds is 4. The highest BCUT2D eigenvalue weighted by Crippen LogP contribution is 2.40. The molecule has 0 bridgehead atoms. The molecule has 1 aromatic rings. The lowest BCUT2D eigenvalue weighted by Crippen LogP contribution is -2.45. The number of hydrogen-bond donors (Lipinski definition) is 0. The van der Waals surface area contributed by atoms with Crippen molar-refractivity contribution in [2.75, 3.05) is 34.8 Å². The molecular formula is C23H37N5O. The summed E-state index contributed by atoms with van der Waals surface area (Å²) < 4.78 is 0. The molecule has 2 saturated carbocycles. The van der Waals surface area contributed by atoms with Crippen LogP contribution in [0, 0.1) is 5.41 Å². The molecule has 2 heterocycles. The van der Waals surface area contributed by atoms with Crippen molar-refractivity contribution in [2.24, 2.45) is 5.41 Å². The Labute approximate surface area is 175 Å². The Morgan fingerprint density at radius 2 is 1.76 bits per heavy atom. The van der Waals surface area contributed by atoms with E-state index in [0.29, 0.717) is 12.1 Å². The molecule has 1 amide bonds. The van der Waals surface area contributed by atoms with Gasteiger partial charge in [-0.15, -0.1) is 0 Å². The number of amides is 1. The molecule has 3 aliphatic rings. The van der Waals surface area contributed by atoms with Crippen LogP contribution in [0.1, 0.15) is 78.6 Å². The van der Waals surface area contributed by atoms with Crippen molar-refractivity contribution in [1.29, 1.82) is 0 Å². The fraction of sp³-hybridized carbons (Fsp3) is 0.783. The first-order chi connectivity index (χ1) is 13.9. The first-order valence-electron chi connectivity index (χ1n) is 11.6. The number of nitrogens with zero attached hydrogens (tertiary/aromatic N) is 5. The molecule has 29 heavy (non-hydrogen) atoms. The van der Waals surface area contributed by atoms with Crippen LogP contribution in [-0.4, -0.2) is 48.1 Å².